The fourth-order valence-electron chi connectivity index (χ4n) is 2.79. The molecular weight excluding hydrogens is 220 g/mol. The van der Waals surface area contributed by atoms with Gasteiger partial charge in [0.25, 0.3) is 0 Å². The molecule has 0 spiro atoms. The summed E-state index contributed by atoms with van der Waals surface area (Å²) in [5, 5.41) is 0. The molecule has 1 aliphatic rings. The van der Waals surface area contributed by atoms with Gasteiger partial charge in [0.05, 0.1) is 0 Å². The largest absolute Gasteiger partial charge is 0.324 e. The van der Waals surface area contributed by atoms with Crippen molar-refractivity contribution in [2.45, 2.75) is 45.1 Å². The molecule has 1 nitrogen and oxygen atoms in total. The average Bonchev–Trinajstić information content (AvgIpc) is 2.49. The van der Waals surface area contributed by atoms with Crippen molar-refractivity contribution in [2.24, 2.45) is 11.1 Å². The molecule has 94 valence electrons. The summed E-state index contributed by atoms with van der Waals surface area (Å²) in [6.07, 6.45) is 3.38. The molecule has 2 rings (SSSR count). The summed E-state index contributed by atoms with van der Waals surface area (Å²) in [6.45, 7) is 4.22. The average molecular weight is 239 g/mol. The highest BCUT2D eigenvalue weighted by Crippen LogP contribution is 2.46. The number of hydrogen-bond acceptors (Lipinski definition) is 1. The molecule has 2 N–H and O–H groups in total. The zero-order valence-corrected chi connectivity index (χ0v) is 10.4. The van der Waals surface area contributed by atoms with Gasteiger partial charge in [-0.05, 0) is 36.3 Å². The Balaban J connectivity index is 2.29. The maximum Gasteiger partial charge on any atom is 0.162 e. The number of rotatable bonds is 2. The molecule has 0 radical (unpaired) electrons. The molecule has 0 heterocycles. The van der Waals surface area contributed by atoms with Crippen molar-refractivity contribution >= 4 is 0 Å². The Hall–Kier alpha value is -0.960. The van der Waals surface area contributed by atoms with Crippen molar-refractivity contribution in [1.82, 2.24) is 0 Å². The van der Waals surface area contributed by atoms with Crippen LogP contribution in [0.5, 0.6) is 0 Å². The highest BCUT2D eigenvalue weighted by atomic mass is 19.2. The lowest BCUT2D eigenvalue weighted by Gasteiger charge is -2.38. The summed E-state index contributed by atoms with van der Waals surface area (Å²) in [7, 11) is 0. The number of nitrogens with two attached hydrogens (primary N) is 1. The van der Waals surface area contributed by atoms with Crippen LogP contribution in [0.4, 0.5) is 8.78 Å². The molecule has 0 amide bonds. The van der Waals surface area contributed by atoms with Crippen LogP contribution in [0.25, 0.3) is 0 Å². The van der Waals surface area contributed by atoms with Gasteiger partial charge in [-0.1, -0.05) is 32.4 Å². The minimum atomic E-state index is -0.790. The molecule has 1 fully saturated rings. The second-order valence-corrected chi connectivity index (χ2v) is 5.78. The minimum absolute atomic E-state index is 0.0221. The van der Waals surface area contributed by atoms with Gasteiger partial charge in [0.2, 0.25) is 0 Å². The van der Waals surface area contributed by atoms with Gasteiger partial charge in [-0.25, -0.2) is 8.78 Å². The quantitative estimate of drug-likeness (QED) is 0.840. The van der Waals surface area contributed by atoms with Crippen LogP contribution in [-0.2, 0) is 6.42 Å². The van der Waals surface area contributed by atoms with Crippen molar-refractivity contribution in [2.75, 3.05) is 0 Å². The van der Waals surface area contributed by atoms with Gasteiger partial charge in [0, 0.05) is 5.54 Å². The van der Waals surface area contributed by atoms with E-state index in [1.807, 2.05) is 0 Å². The first-order valence-electron chi connectivity index (χ1n) is 6.07. The summed E-state index contributed by atoms with van der Waals surface area (Å²) in [6, 6.07) is 4.31. The summed E-state index contributed by atoms with van der Waals surface area (Å²) in [4.78, 5) is 0. The lowest BCUT2D eigenvalue weighted by atomic mass is 9.72. The van der Waals surface area contributed by atoms with Crippen molar-refractivity contribution in [3.8, 4) is 0 Å². The normalized spacial score (nSPS) is 27.4. The van der Waals surface area contributed by atoms with Crippen LogP contribution in [0, 0.1) is 17.0 Å². The third kappa shape index (κ3) is 2.08. The van der Waals surface area contributed by atoms with Gasteiger partial charge in [-0.2, -0.15) is 0 Å². The van der Waals surface area contributed by atoms with Crippen LogP contribution in [0.15, 0.2) is 18.2 Å². The zero-order valence-electron chi connectivity index (χ0n) is 10.4. The van der Waals surface area contributed by atoms with Crippen LogP contribution in [0.2, 0.25) is 0 Å². The molecule has 1 aromatic carbocycles. The predicted octanol–water partition coefficient (Wildman–Crippen LogP) is 3.41. The van der Waals surface area contributed by atoms with E-state index in [1.165, 1.54) is 0 Å². The molecule has 0 saturated heterocycles. The van der Waals surface area contributed by atoms with Gasteiger partial charge in [0.1, 0.15) is 0 Å². The summed E-state index contributed by atoms with van der Waals surface area (Å²) in [5.74, 6) is -1.54. The first-order valence-corrected chi connectivity index (χ1v) is 6.07. The molecule has 1 aromatic rings. The van der Waals surface area contributed by atoms with Crippen LogP contribution in [0.1, 0.15) is 38.7 Å². The van der Waals surface area contributed by atoms with Gasteiger partial charge in [0.15, 0.2) is 11.6 Å². The monoisotopic (exact) mass is 239 g/mol. The van der Waals surface area contributed by atoms with E-state index in [-0.39, 0.29) is 5.41 Å². The maximum absolute atomic E-state index is 13.6. The van der Waals surface area contributed by atoms with Crippen LogP contribution < -0.4 is 5.73 Å². The Kier molecular flexibility index (Phi) is 2.98. The Morgan fingerprint density at radius 1 is 1.24 bits per heavy atom. The second-order valence-electron chi connectivity index (χ2n) is 5.78. The van der Waals surface area contributed by atoms with Gasteiger partial charge in [-0.15, -0.1) is 0 Å². The highest BCUT2D eigenvalue weighted by Gasteiger charge is 2.45. The van der Waals surface area contributed by atoms with Gasteiger partial charge < -0.3 is 5.73 Å². The Labute approximate surface area is 101 Å². The summed E-state index contributed by atoms with van der Waals surface area (Å²) in [5.41, 5.74) is 6.34. The Morgan fingerprint density at radius 3 is 2.53 bits per heavy atom. The van der Waals surface area contributed by atoms with Crippen LogP contribution in [-0.4, -0.2) is 5.54 Å². The Morgan fingerprint density at radius 2 is 1.94 bits per heavy atom. The van der Waals surface area contributed by atoms with Crippen molar-refractivity contribution < 1.29 is 8.78 Å². The third-order valence-electron chi connectivity index (χ3n) is 4.31. The number of benzene rings is 1. The number of halogens is 2. The van der Waals surface area contributed by atoms with Crippen molar-refractivity contribution in [3.63, 3.8) is 0 Å². The molecule has 17 heavy (non-hydrogen) atoms. The zero-order chi connectivity index (χ0) is 12.7. The summed E-state index contributed by atoms with van der Waals surface area (Å²) >= 11 is 0. The van der Waals surface area contributed by atoms with E-state index < -0.39 is 17.2 Å². The third-order valence-corrected chi connectivity index (χ3v) is 4.31. The standard InChI is InChI=1S/C14H19F2N/c1-13(2)7-4-8-14(13,17)9-10-5-3-6-11(15)12(10)16/h3,5-6H,4,7-9,17H2,1-2H3. The smallest absolute Gasteiger partial charge is 0.162 e. The van der Waals surface area contributed by atoms with E-state index in [9.17, 15) is 8.78 Å². The molecular formula is C14H19F2N. The molecule has 1 aliphatic carbocycles. The number of hydrogen-bond donors (Lipinski definition) is 1. The van der Waals surface area contributed by atoms with E-state index in [0.29, 0.717) is 12.0 Å². The SMILES string of the molecule is CC1(C)CCCC1(N)Cc1cccc(F)c1F. The maximum atomic E-state index is 13.6. The fraction of sp³-hybridized carbons (Fsp3) is 0.571. The molecule has 1 unspecified atom stereocenters. The van der Waals surface area contributed by atoms with E-state index in [1.54, 1.807) is 12.1 Å². The lowest BCUT2D eigenvalue weighted by Crippen LogP contribution is -2.50. The predicted molar refractivity (Wildman–Crippen MR) is 64.6 cm³/mol. The second kappa shape index (κ2) is 4.05. The molecule has 0 bridgehead atoms. The Bertz CT molecular complexity index is 428. The first-order chi connectivity index (χ1) is 7.86. The van der Waals surface area contributed by atoms with E-state index >= 15 is 0 Å². The van der Waals surface area contributed by atoms with E-state index in [4.69, 9.17) is 5.73 Å². The van der Waals surface area contributed by atoms with Crippen molar-refractivity contribution in [1.29, 1.82) is 0 Å². The fourth-order valence-corrected chi connectivity index (χ4v) is 2.79. The summed E-state index contributed by atoms with van der Waals surface area (Å²) < 4.78 is 26.8. The van der Waals surface area contributed by atoms with Crippen LogP contribution >= 0.6 is 0 Å². The topological polar surface area (TPSA) is 26.0 Å². The van der Waals surface area contributed by atoms with Gasteiger partial charge >= 0.3 is 0 Å². The molecule has 0 aliphatic heterocycles. The molecule has 1 saturated carbocycles. The first kappa shape index (κ1) is 12.5. The van der Waals surface area contributed by atoms with E-state index in [0.717, 1.165) is 25.3 Å². The minimum Gasteiger partial charge on any atom is -0.324 e. The van der Waals surface area contributed by atoms with Gasteiger partial charge in [-0.3, -0.25) is 0 Å². The molecule has 3 heteroatoms. The highest BCUT2D eigenvalue weighted by molar-refractivity contribution is 5.23. The van der Waals surface area contributed by atoms with Crippen LogP contribution in [0.3, 0.4) is 0 Å². The molecule has 1 atom stereocenters. The molecule has 0 aromatic heterocycles. The van der Waals surface area contributed by atoms with E-state index in [2.05, 4.69) is 13.8 Å². The lowest BCUT2D eigenvalue weighted by molar-refractivity contribution is 0.205. The van der Waals surface area contributed by atoms with Crippen molar-refractivity contribution in [3.05, 3.63) is 35.4 Å².